The van der Waals surface area contributed by atoms with Gasteiger partial charge in [0.1, 0.15) is 0 Å². The average molecular weight is 221 g/mol. The predicted molar refractivity (Wildman–Crippen MR) is 68.4 cm³/mol. The highest BCUT2D eigenvalue weighted by atomic mass is 14.9. The Hall–Kier alpha value is -0.0400. The summed E-state index contributed by atoms with van der Waals surface area (Å²) in [5.74, 6) is 3.23. The van der Waals surface area contributed by atoms with Crippen LogP contribution in [-0.2, 0) is 0 Å². The zero-order valence-corrected chi connectivity index (χ0v) is 10.8. The topological polar surface area (TPSA) is 12.0 Å². The molecule has 16 heavy (non-hydrogen) atoms. The predicted octanol–water partition coefficient (Wildman–Crippen LogP) is 3.59. The van der Waals surface area contributed by atoms with Crippen molar-refractivity contribution in [3.63, 3.8) is 0 Å². The molecule has 1 heteroatoms. The van der Waals surface area contributed by atoms with Crippen LogP contribution in [0.5, 0.6) is 0 Å². The lowest BCUT2D eigenvalue weighted by molar-refractivity contribution is 0.273. The highest BCUT2D eigenvalue weighted by molar-refractivity contribution is 4.91. The van der Waals surface area contributed by atoms with Crippen LogP contribution in [-0.4, -0.2) is 13.1 Å². The molecule has 92 valence electrons. The third-order valence-corrected chi connectivity index (χ3v) is 5.65. The van der Waals surface area contributed by atoms with Gasteiger partial charge in [0.25, 0.3) is 0 Å². The Morgan fingerprint density at radius 1 is 1.12 bits per heavy atom. The molecule has 0 saturated heterocycles. The second-order valence-electron chi connectivity index (χ2n) is 7.08. The first-order chi connectivity index (χ1) is 7.75. The molecule has 0 aromatic carbocycles. The van der Waals surface area contributed by atoms with Gasteiger partial charge in [0.15, 0.2) is 0 Å². The largest absolute Gasteiger partial charge is 0.316 e. The fourth-order valence-electron chi connectivity index (χ4n) is 4.59. The van der Waals surface area contributed by atoms with Gasteiger partial charge in [-0.15, -0.1) is 0 Å². The van der Waals surface area contributed by atoms with E-state index in [1.54, 1.807) is 12.8 Å². The highest BCUT2D eigenvalue weighted by Crippen LogP contribution is 2.48. The van der Waals surface area contributed by atoms with E-state index in [1.165, 1.54) is 51.6 Å². The lowest BCUT2D eigenvalue weighted by Gasteiger charge is -2.27. The van der Waals surface area contributed by atoms with Crippen LogP contribution in [0.3, 0.4) is 0 Å². The van der Waals surface area contributed by atoms with Crippen LogP contribution < -0.4 is 5.32 Å². The van der Waals surface area contributed by atoms with Gasteiger partial charge in [-0.3, -0.25) is 0 Å². The zero-order chi connectivity index (χ0) is 11.0. The van der Waals surface area contributed by atoms with Crippen molar-refractivity contribution in [1.82, 2.24) is 5.32 Å². The molecule has 3 fully saturated rings. The first-order valence-electron chi connectivity index (χ1n) is 7.46. The first-order valence-corrected chi connectivity index (χ1v) is 7.46. The van der Waals surface area contributed by atoms with Crippen molar-refractivity contribution in [2.24, 2.45) is 23.2 Å². The monoisotopic (exact) mass is 221 g/mol. The molecular formula is C15H27N. The van der Waals surface area contributed by atoms with E-state index >= 15 is 0 Å². The Labute approximate surface area is 100 Å². The van der Waals surface area contributed by atoms with Gasteiger partial charge in [-0.25, -0.2) is 0 Å². The van der Waals surface area contributed by atoms with Crippen LogP contribution in [0.25, 0.3) is 0 Å². The van der Waals surface area contributed by atoms with E-state index < -0.39 is 0 Å². The molecule has 0 spiro atoms. The van der Waals surface area contributed by atoms with Gasteiger partial charge in [0, 0.05) is 6.54 Å². The Morgan fingerprint density at radius 2 is 1.94 bits per heavy atom. The first kappa shape index (κ1) is 11.1. The van der Waals surface area contributed by atoms with E-state index in [-0.39, 0.29) is 0 Å². The molecule has 0 radical (unpaired) electrons. The van der Waals surface area contributed by atoms with E-state index in [2.05, 4.69) is 12.2 Å². The lowest BCUT2D eigenvalue weighted by Crippen LogP contribution is -2.34. The van der Waals surface area contributed by atoms with E-state index in [1.807, 2.05) is 0 Å². The quantitative estimate of drug-likeness (QED) is 0.765. The van der Waals surface area contributed by atoms with Gasteiger partial charge < -0.3 is 5.32 Å². The molecule has 2 bridgehead atoms. The number of nitrogens with one attached hydrogen (secondary N) is 1. The normalized spacial score (nSPS) is 40.7. The van der Waals surface area contributed by atoms with Gasteiger partial charge >= 0.3 is 0 Å². The van der Waals surface area contributed by atoms with Crippen molar-refractivity contribution >= 4 is 0 Å². The SMILES string of the molecule is CC1(CNCC2CC3CCC2C3)CCCC1. The molecule has 0 heterocycles. The molecular weight excluding hydrogens is 194 g/mol. The highest BCUT2D eigenvalue weighted by Gasteiger charge is 2.39. The molecule has 1 N–H and O–H groups in total. The molecule has 1 nitrogen and oxygen atoms in total. The number of fused-ring (bicyclic) bond motifs is 2. The molecule has 0 aromatic rings. The number of hydrogen-bond acceptors (Lipinski definition) is 1. The Morgan fingerprint density at radius 3 is 2.56 bits per heavy atom. The third kappa shape index (κ3) is 2.16. The van der Waals surface area contributed by atoms with Gasteiger partial charge in [-0.05, 0) is 61.8 Å². The minimum Gasteiger partial charge on any atom is -0.316 e. The van der Waals surface area contributed by atoms with Crippen LogP contribution in [0, 0.1) is 23.2 Å². The Bertz CT molecular complexity index is 242. The van der Waals surface area contributed by atoms with Crippen molar-refractivity contribution < 1.29 is 0 Å². The van der Waals surface area contributed by atoms with Crippen molar-refractivity contribution in [2.75, 3.05) is 13.1 Å². The third-order valence-electron chi connectivity index (χ3n) is 5.65. The van der Waals surface area contributed by atoms with Crippen molar-refractivity contribution in [1.29, 1.82) is 0 Å². The summed E-state index contributed by atoms with van der Waals surface area (Å²) in [4.78, 5) is 0. The fraction of sp³-hybridized carbons (Fsp3) is 1.00. The molecule has 0 aromatic heterocycles. The van der Waals surface area contributed by atoms with Crippen LogP contribution in [0.1, 0.15) is 58.3 Å². The maximum absolute atomic E-state index is 3.79. The maximum atomic E-state index is 3.79. The van der Waals surface area contributed by atoms with Crippen molar-refractivity contribution in [3.05, 3.63) is 0 Å². The summed E-state index contributed by atoms with van der Waals surface area (Å²) in [6.45, 7) is 5.07. The second-order valence-corrected chi connectivity index (χ2v) is 7.08. The van der Waals surface area contributed by atoms with E-state index in [0.717, 1.165) is 17.8 Å². The molecule has 0 amide bonds. The van der Waals surface area contributed by atoms with E-state index in [4.69, 9.17) is 0 Å². The Kier molecular flexibility index (Phi) is 2.99. The zero-order valence-electron chi connectivity index (χ0n) is 10.8. The van der Waals surface area contributed by atoms with E-state index in [0.29, 0.717) is 5.41 Å². The Balaban J connectivity index is 1.40. The molecule has 3 saturated carbocycles. The molecule has 3 atom stereocenters. The smallest absolute Gasteiger partial charge is 0.000528 e. The summed E-state index contributed by atoms with van der Waals surface area (Å²) >= 11 is 0. The summed E-state index contributed by atoms with van der Waals surface area (Å²) in [6.07, 6.45) is 12.0. The molecule has 3 rings (SSSR count). The van der Waals surface area contributed by atoms with Crippen molar-refractivity contribution in [3.8, 4) is 0 Å². The molecule has 3 unspecified atom stereocenters. The maximum Gasteiger partial charge on any atom is 0.000528 e. The summed E-state index contributed by atoms with van der Waals surface area (Å²) in [5.41, 5.74) is 0.637. The lowest BCUT2D eigenvalue weighted by atomic mass is 9.87. The van der Waals surface area contributed by atoms with Gasteiger partial charge in [-0.2, -0.15) is 0 Å². The minimum atomic E-state index is 0.637. The van der Waals surface area contributed by atoms with Crippen molar-refractivity contribution in [2.45, 2.75) is 58.3 Å². The summed E-state index contributed by atoms with van der Waals surface area (Å²) in [7, 11) is 0. The van der Waals surface area contributed by atoms with Gasteiger partial charge in [0.05, 0.1) is 0 Å². The van der Waals surface area contributed by atoms with Crippen LogP contribution in [0.15, 0.2) is 0 Å². The average Bonchev–Trinajstić information content (AvgIpc) is 2.94. The van der Waals surface area contributed by atoms with Crippen LogP contribution in [0.4, 0.5) is 0 Å². The van der Waals surface area contributed by atoms with Gasteiger partial charge in [0.2, 0.25) is 0 Å². The van der Waals surface area contributed by atoms with Crippen LogP contribution >= 0.6 is 0 Å². The summed E-state index contributed by atoms with van der Waals surface area (Å²) in [5, 5.41) is 3.79. The minimum absolute atomic E-state index is 0.637. The molecule has 3 aliphatic rings. The fourth-order valence-corrected chi connectivity index (χ4v) is 4.59. The standard InChI is InChI=1S/C15H27N/c1-15(6-2-3-7-15)11-16-10-14-9-12-4-5-13(14)8-12/h12-14,16H,2-11H2,1H3. The van der Waals surface area contributed by atoms with Crippen LogP contribution in [0.2, 0.25) is 0 Å². The number of rotatable bonds is 4. The molecule has 3 aliphatic carbocycles. The van der Waals surface area contributed by atoms with Gasteiger partial charge in [-0.1, -0.05) is 26.2 Å². The second kappa shape index (κ2) is 4.33. The molecule has 0 aliphatic heterocycles. The number of hydrogen-bond donors (Lipinski definition) is 1. The van der Waals surface area contributed by atoms with E-state index in [9.17, 15) is 0 Å². The summed E-state index contributed by atoms with van der Waals surface area (Å²) in [6, 6.07) is 0. The summed E-state index contributed by atoms with van der Waals surface area (Å²) < 4.78 is 0.